The van der Waals surface area contributed by atoms with E-state index in [-0.39, 0.29) is 0 Å². The summed E-state index contributed by atoms with van der Waals surface area (Å²) in [6.45, 7) is 13.0. The van der Waals surface area contributed by atoms with Gasteiger partial charge >= 0.3 is 0 Å². The van der Waals surface area contributed by atoms with E-state index in [1.54, 1.807) is 0 Å². The number of hydrogen-bond acceptors (Lipinski definition) is 2. The second-order valence-electron chi connectivity index (χ2n) is 6.14. The zero-order chi connectivity index (χ0) is 14.6. The SMILES string of the molecule is CCCCN(CCCC)CC(CS)(CCC)CCC. The van der Waals surface area contributed by atoms with Gasteiger partial charge in [-0.3, -0.25) is 0 Å². The molecule has 0 radical (unpaired) electrons. The summed E-state index contributed by atoms with van der Waals surface area (Å²) in [7, 11) is 0. The van der Waals surface area contributed by atoms with Crippen LogP contribution >= 0.6 is 12.6 Å². The average Bonchev–Trinajstić information content (AvgIpc) is 2.42. The Bertz CT molecular complexity index is 180. The normalized spacial score (nSPS) is 12.3. The van der Waals surface area contributed by atoms with Crippen molar-refractivity contribution in [3.8, 4) is 0 Å². The molecule has 1 nitrogen and oxygen atoms in total. The molecule has 0 saturated heterocycles. The van der Waals surface area contributed by atoms with Gasteiger partial charge in [0.2, 0.25) is 0 Å². The molecule has 0 unspecified atom stereocenters. The van der Waals surface area contributed by atoms with Crippen molar-refractivity contribution in [2.75, 3.05) is 25.4 Å². The van der Waals surface area contributed by atoms with Crippen LogP contribution in [0.4, 0.5) is 0 Å². The van der Waals surface area contributed by atoms with Gasteiger partial charge in [0.15, 0.2) is 0 Å². The third-order valence-corrected chi connectivity index (χ3v) is 4.78. The fourth-order valence-corrected chi connectivity index (χ4v) is 3.48. The molecule has 0 aliphatic rings. The third-order valence-electron chi connectivity index (χ3n) is 4.11. The predicted octanol–water partition coefficient (Wildman–Crippen LogP) is 5.41. The first-order valence-corrected chi connectivity index (χ1v) is 9.14. The Morgan fingerprint density at radius 3 is 1.58 bits per heavy atom. The van der Waals surface area contributed by atoms with Crippen molar-refractivity contribution in [1.29, 1.82) is 0 Å². The van der Waals surface area contributed by atoms with Crippen LogP contribution in [0.15, 0.2) is 0 Å². The first-order chi connectivity index (χ1) is 9.17. The standard InChI is InChI=1S/C17H37NS/c1-5-9-13-18(14-10-6-2)15-17(16-19,11-7-3)12-8-4/h19H,5-16H2,1-4H3. The van der Waals surface area contributed by atoms with Gasteiger partial charge in [0, 0.05) is 6.54 Å². The Labute approximate surface area is 127 Å². The van der Waals surface area contributed by atoms with Crippen LogP contribution in [0.2, 0.25) is 0 Å². The molecule has 116 valence electrons. The smallest absolute Gasteiger partial charge is 0.00458 e. The Balaban J connectivity index is 4.58. The van der Waals surface area contributed by atoms with E-state index in [0.29, 0.717) is 5.41 Å². The summed E-state index contributed by atoms with van der Waals surface area (Å²) in [4.78, 5) is 2.72. The molecule has 0 aromatic heterocycles. The molecule has 0 aliphatic heterocycles. The first-order valence-electron chi connectivity index (χ1n) is 8.51. The summed E-state index contributed by atoms with van der Waals surface area (Å²) in [5, 5.41) is 0. The van der Waals surface area contributed by atoms with Gasteiger partial charge < -0.3 is 4.90 Å². The summed E-state index contributed by atoms with van der Waals surface area (Å²) in [6.07, 6.45) is 10.5. The topological polar surface area (TPSA) is 3.24 Å². The van der Waals surface area contributed by atoms with Crippen molar-refractivity contribution in [3.63, 3.8) is 0 Å². The minimum absolute atomic E-state index is 0.452. The van der Waals surface area contributed by atoms with Crippen molar-refractivity contribution in [1.82, 2.24) is 4.90 Å². The van der Waals surface area contributed by atoms with E-state index >= 15 is 0 Å². The molecule has 0 N–H and O–H groups in total. The van der Waals surface area contributed by atoms with Crippen LogP contribution in [-0.2, 0) is 0 Å². The fourth-order valence-electron chi connectivity index (χ4n) is 3.06. The second-order valence-corrected chi connectivity index (χ2v) is 6.46. The molecule has 0 aromatic rings. The van der Waals surface area contributed by atoms with Crippen molar-refractivity contribution < 1.29 is 0 Å². The van der Waals surface area contributed by atoms with Gasteiger partial charge in [-0.15, -0.1) is 0 Å². The van der Waals surface area contributed by atoms with Crippen LogP contribution in [0, 0.1) is 5.41 Å². The van der Waals surface area contributed by atoms with Crippen LogP contribution in [0.3, 0.4) is 0 Å². The minimum atomic E-state index is 0.452. The lowest BCUT2D eigenvalue weighted by atomic mass is 9.80. The van der Waals surface area contributed by atoms with Gasteiger partial charge in [-0.25, -0.2) is 0 Å². The van der Waals surface area contributed by atoms with E-state index in [9.17, 15) is 0 Å². The average molecular weight is 288 g/mol. The van der Waals surface area contributed by atoms with Crippen LogP contribution in [0.5, 0.6) is 0 Å². The maximum Gasteiger partial charge on any atom is 0.00458 e. The second kappa shape index (κ2) is 12.1. The minimum Gasteiger partial charge on any atom is -0.303 e. The highest BCUT2D eigenvalue weighted by Crippen LogP contribution is 2.32. The lowest BCUT2D eigenvalue weighted by molar-refractivity contribution is 0.143. The highest BCUT2D eigenvalue weighted by molar-refractivity contribution is 7.80. The van der Waals surface area contributed by atoms with E-state index in [1.807, 2.05) is 0 Å². The van der Waals surface area contributed by atoms with Crippen LogP contribution in [-0.4, -0.2) is 30.3 Å². The van der Waals surface area contributed by atoms with E-state index < -0.39 is 0 Å². The number of nitrogens with zero attached hydrogens (tertiary/aromatic N) is 1. The van der Waals surface area contributed by atoms with E-state index in [0.717, 1.165) is 5.75 Å². The predicted molar refractivity (Wildman–Crippen MR) is 92.4 cm³/mol. The molecule has 2 heteroatoms. The van der Waals surface area contributed by atoms with Crippen molar-refractivity contribution in [3.05, 3.63) is 0 Å². The molecule has 0 aromatic carbocycles. The molecule has 0 heterocycles. The lowest BCUT2D eigenvalue weighted by Gasteiger charge is -2.38. The van der Waals surface area contributed by atoms with Gasteiger partial charge in [-0.05, 0) is 49.9 Å². The highest BCUT2D eigenvalue weighted by Gasteiger charge is 2.28. The molecular formula is C17H37NS. The maximum absolute atomic E-state index is 4.70. The van der Waals surface area contributed by atoms with Gasteiger partial charge in [-0.1, -0.05) is 53.4 Å². The molecular weight excluding hydrogens is 250 g/mol. The van der Waals surface area contributed by atoms with E-state index in [1.165, 1.54) is 71.0 Å². The molecule has 19 heavy (non-hydrogen) atoms. The molecule has 0 atom stereocenters. The zero-order valence-electron chi connectivity index (χ0n) is 13.9. The van der Waals surface area contributed by atoms with Gasteiger partial charge in [0.1, 0.15) is 0 Å². The molecule has 0 bridgehead atoms. The van der Waals surface area contributed by atoms with Gasteiger partial charge in [0.25, 0.3) is 0 Å². The molecule has 0 spiro atoms. The largest absolute Gasteiger partial charge is 0.303 e. The van der Waals surface area contributed by atoms with Crippen molar-refractivity contribution in [2.24, 2.45) is 5.41 Å². The van der Waals surface area contributed by atoms with E-state index in [4.69, 9.17) is 12.6 Å². The summed E-state index contributed by atoms with van der Waals surface area (Å²) < 4.78 is 0. The number of thiol groups is 1. The molecule has 0 rings (SSSR count). The summed E-state index contributed by atoms with van der Waals surface area (Å²) in [6, 6.07) is 0. The van der Waals surface area contributed by atoms with Crippen LogP contribution in [0.1, 0.15) is 79.1 Å². The fraction of sp³-hybridized carbons (Fsp3) is 1.00. The van der Waals surface area contributed by atoms with Gasteiger partial charge in [0.05, 0.1) is 0 Å². The summed E-state index contributed by atoms with van der Waals surface area (Å²) >= 11 is 4.70. The molecule has 0 aliphatic carbocycles. The number of unbranched alkanes of at least 4 members (excludes halogenated alkanes) is 2. The molecule has 0 amide bonds. The Morgan fingerprint density at radius 2 is 1.26 bits per heavy atom. The zero-order valence-corrected chi connectivity index (χ0v) is 14.8. The Kier molecular flexibility index (Phi) is 12.3. The quantitative estimate of drug-likeness (QED) is 0.444. The highest BCUT2D eigenvalue weighted by atomic mass is 32.1. The maximum atomic E-state index is 4.70. The first kappa shape index (κ1) is 19.3. The number of hydrogen-bond donors (Lipinski definition) is 1. The Morgan fingerprint density at radius 1 is 0.789 bits per heavy atom. The van der Waals surface area contributed by atoms with Crippen LogP contribution in [0.25, 0.3) is 0 Å². The van der Waals surface area contributed by atoms with E-state index in [2.05, 4.69) is 32.6 Å². The molecule has 0 saturated carbocycles. The summed E-state index contributed by atoms with van der Waals surface area (Å²) in [5.74, 6) is 1.05. The lowest BCUT2D eigenvalue weighted by Crippen LogP contribution is -2.40. The summed E-state index contributed by atoms with van der Waals surface area (Å²) in [5.41, 5.74) is 0.452. The van der Waals surface area contributed by atoms with Gasteiger partial charge in [-0.2, -0.15) is 12.6 Å². The van der Waals surface area contributed by atoms with Crippen molar-refractivity contribution in [2.45, 2.75) is 79.1 Å². The Hall–Kier alpha value is 0.310. The molecule has 0 fully saturated rings. The number of rotatable bonds is 13. The van der Waals surface area contributed by atoms with Crippen LogP contribution < -0.4 is 0 Å². The third kappa shape index (κ3) is 8.24. The monoisotopic (exact) mass is 287 g/mol. The van der Waals surface area contributed by atoms with Crippen molar-refractivity contribution >= 4 is 12.6 Å².